The summed E-state index contributed by atoms with van der Waals surface area (Å²) in [4.78, 5) is 15.7. The number of carboxylic acid groups (broad SMARTS) is 1. The number of fused-ring (bicyclic) bond motifs is 3. The van der Waals surface area contributed by atoms with Crippen LogP contribution in [0.4, 0.5) is 0 Å². The van der Waals surface area contributed by atoms with Gasteiger partial charge in [-0.1, -0.05) is 6.07 Å². The van der Waals surface area contributed by atoms with Crippen molar-refractivity contribution in [3.63, 3.8) is 0 Å². The normalized spacial score (nSPS) is 11.5. The number of aromatic carboxylic acids is 1. The largest absolute Gasteiger partial charge is 0.476 e. The fraction of sp³-hybridized carbons (Fsp3) is 0.167. The van der Waals surface area contributed by atoms with E-state index in [2.05, 4.69) is 20.9 Å². The van der Waals surface area contributed by atoms with E-state index in [-0.39, 0.29) is 5.69 Å². The van der Waals surface area contributed by atoms with Gasteiger partial charge in [0, 0.05) is 7.05 Å². The zero-order valence-electron chi connectivity index (χ0n) is 9.81. The number of rotatable bonds is 1. The van der Waals surface area contributed by atoms with E-state index in [1.165, 1.54) is 0 Å². The van der Waals surface area contributed by atoms with Crippen LogP contribution in [0.15, 0.2) is 22.8 Å². The Hall–Kier alpha value is -1.82. The molecule has 2 heterocycles. The summed E-state index contributed by atoms with van der Waals surface area (Å²) in [7, 11) is 1.70. The molecule has 0 radical (unpaired) electrons. The average molecular weight is 308 g/mol. The van der Waals surface area contributed by atoms with Crippen LogP contribution in [0.5, 0.6) is 0 Å². The Balaban J connectivity index is 2.52. The number of carboxylic acids is 1. The molecule has 1 aromatic carbocycles. The Bertz CT molecular complexity index is 801. The van der Waals surface area contributed by atoms with Gasteiger partial charge in [-0.25, -0.2) is 9.78 Å². The lowest BCUT2D eigenvalue weighted by molar-refractivity contribution is 0.0685. The molecule has 0 aliphatic rings. The highest BCUT2D eigenvalue weighted by Crippen LogP contribution is 2.27. The molecule has 2 aromatic heterocycles. The molecule has 0 bridgehead atoms. The van der Waals surface area contributed by atoms with Crippen molar-refractivity contribution in [3.8, 4) is 0 Å². The first-order chi connectivity index (χ1) is 8.50. The fourth-order valence-corrected chi connectivity index (χ4v) is 2.96. The lowest BCUT2D eigenvalue weighted by Gasteiger charge is -1.97. The quantitative estimate of drug-likeness (QED) is 0.752. The smallest absolute Gasteiger partial charge is 0.355 e. The molecule has 0 fully saturated rings. The number of hydrogen-bond acceptors (Lipinski definition) is 2. The van der Waals surface area contributed by atoms with Gasteiger partial charge in [0.05, 0.1) is 11.0 Å². The van der Waals surface area contributed by atoms with Gasteiger partial charge in [-0.15, -0.1) is 0 Å². The van der Waals surface area contributed by atoms with Gasteiger partial charge in [0.1, 0.15) is 4.60 Å². The van der Waals surface area contributed by atoms with E-state index in [1.807, 2.05) is 25.1 Å². The van der Waals surface area contributed by atoms with Crippen LogP contribution >= 0.6 is 15.9 Å². The summed E-state index contributed by atoms with van der Waals surface area (Å²) in [6.45, 7) is 2.00. The maximum atomic E-state index is 11.2. The first-order valence-corrected chi connectivity index (χ1v) is 6.16. The van der Waals surface area contributed by atoms with Crippen LogP contribution in [-0.2, 0) is 7.05 Å². The lowest BCUT2D eigenvalue weighted by atomic mass is 10.2. The molecule has 0 aliphatic carbocycles. The first-order valence-electron chi connectivity index (χ1n) is 5.37. The number of hydrogen-bond donors (Lipinski definition) is 1. The van der Waals surface area contributed by atoms with Gasteiger partial charge in [0.15, 0.2) is 5.69 Å². The molecule has 6 heteroatoms. The highest BCUT2D eigenvalue weighted by molar-refractivity contribution is 9.10. The second-order valence-corrected chi connectivity index (χ2v) is 4.99. The van der Waals surface area contributed by atoms with E-state index in [4.69, 9.17) is 0 Å². The summed E-state index contributed by atoms with van der Waals surface area (Å²) >= 11 is 3.34. The van der Waals surface area contributed by atoms with Gasteiger partial charge in [-0.2, -0.15) is 0 Å². The van der Waals surface area contributed by atoms with Crippen molar-refractivity contribution >= 4 is 38.7 Å². The van der Waals surface area contributed by atoms with Crippen LogP contribution in [0.25, 0.3) is 16.8 Å². The summed E-state index contributed by atoms with van der Waals surface area (Å²) in [6, 6.07) is 5.91. The summed E-state index contributed by atoms with van der Waals surface area (Å²) in [6.07, 6.45) is 0. The zero-order valence-corrected chi connectivity index (χ0v) is 11.4. The van der Waals surface area contributed by atoms with Crippen molar-refractivity contribution < 1.29 is 9.90 Å². The number of nitrogens with zero attached hydrogens (tertiary/aromatic N) is 3. The Morgan fingerprint density at radius 2 is 2.17 bits per heavy atom. The third-order valence-electron chi connectivity index (χ3n) is 3.02. The van der Waals surface area contributed by atoms with E-state index in [1.54, 1.807) is 16.0 Å². The monoisotopic (exact) mass is 307 g/mol. The van der Waals surface area contributed by atoms with E-state index in [0.29, 0.717) is 10.4 Å². The fourth-order valence-electron chi connectivity index (χ4n) is 2.17. The van der Waals surface area contributed by atoms with E-state index >= 15 is 0 Å². The van der Waals surface area contributed by atoms with Gasteiger partial charge >= 0.3 is 5.97 Å². The summed E-state index contributed by atoms with van der Waals surface area (Å²) in [5.41, 5.74) is 3.07. The topological polar surface area (TPSA) is 59.5 Å². The van der Waals surface area contributed by atoms with Gasteiger partial charge < -0.3 is 9.67 Å². The summed E-state index contributed by atoms with van der Waals surface area (Å²) < 4.78 is 3.89. The molecule has 0 unspecified atom stereocenters. The number of benzene rings is 1. The summed E-state index contributed by atoms with van der Waals surface area (Å²) in [5, 5.41) is 9.19. The molecule has 0 saturated heterocycles. The molecule has 3 rings (SSSR count). The van der Waals surface area contributed by atoms with Gasteiger partial charge in [0.2, 0.25) is 5.78 Å². The van der Waals surface area contributed by atoms with Gasteiger partial charge in [-0.05, 0) is 40.5 Å². The third-order valence-corrected chi connectivity index (χ3v) is 3.75. The van der Waals surface area contributed by atoms with Crippen LogP contribution in [0.1, 0.15) is 16.1 Å². The average Bonchev–Trinajstić information content (AvgIpc) is 2.76. The third kappa shape index (κ3) is 1.32. The molecule has 0 amide bonds. The Labute approximate surface area is 111 Å². The van der Waals surface area contributed by atoms with Crippen molar-refractivity contribution in [2.24, 2.45) is 7.05 Å². The second-order valence-electron chi connectivity index (χ2n) is 4.24. The number of halogens is 1. The second kappa shape index (κ2) is 3.58. The highest BCUT2D eigenvalue weighted by atomic mass is 79.9. The standard InChI is InChI=1S/C12H10BrN3O2/c1-6-3-4-8-7(5-6)14-12-15(2)9(11(17)18)10(13)16(8)12/h3-5H,1-2H3,(H,17,18). The minimum absolute atomic E-state index is 0.194. The van der Waals surface area contributed by atoms with Gasteiger partial charge in [0.25, 0.3) is 0 Å². The SMILES string of the molecule is Cc1ccc2c(c1)nc1n(C)c(C(=O)O)c(Br)n21. The molecule has 0 aliphatic heterocycles. The maximum absolute atomic E-state index is 11.2. The molecule has 1 N–H and O–H groups in total. The molecular formula is C12H10BrN3O2. The predicted octanol–water partition coefficient (Wildman–Crippen LogP) is 2.60. The minimum Gasteiger partial charge on any atom is -0.476 e. The van der Waals surface area contributed by atoms with E-state index in [0.717, 1.165) is 16.6 Å². The van der Waals surface area contributed by atoms with Crippen LogP contribution in [-0.4, -0.2) is 25.0 Å². The van der Waals surface area contributed by atoms with Crippen LogP contribution in [0, 0.1) is 6.92 Å². The molecule has 92 valence electrons. The van der Waals surface area contributed by atoms with Crippen molar-refractivity contribution in [1.82, 2.24) is 14.0 Å². The van der Waals surface area contributed by atoms with Gasteiger partial charge in [-0.3, -0.25) is 4.40 Å². The molecule has 3 aromatic rings. The van der Waals surface area contributed by atoms with Crippen molar-refractivity contribution in [3.05, 3.63) is 34.1 Å². The molecule has 0 saturated carbocycles. The highest BCUT2D eigenvalue weighted by Gasteiger charge is 2.21. The number of aryl methyl sites for hydroxylation is 2. The molecule has 0 spiro atoms. The lowest BCUT2D eigenvalue weighted by Crippen LogP contribution is -2.05. The van der Waals surface area contributed by atoms with Crippen molar-refractivity contribution in [2.75, 3.05) is 0 Å². The maximum Gasteiger partial charge on any atom is 0.355 e. The molecular weight excluding hydrogens is 298 g/mol. The Kier molecular flexibility index (Phi) is 2.25. The number of aromatic nitrogens is 3. The zero-order chi connectivity index (χ0) is 13.0. The van der Waals surface area contributed by atoms with Crippen molar-refractivity contribution in [2.45, 2.75) is 6.92 Å². The number of carbonyl (C=O) groups is 1. The Morgan fingerprint density at radius 3 is 2.83 bits per heavy atom. The predicted molar refractivity (Wildman–Crippen MR) is 71.1 cm³/mol. The minimum atomic E-state index is -0.977. The summed E-state index contributed by atoms with van der Waals surface area (Å²) in [5.74, 6) is -0.366. The van der Waals surface area contributed by atoms with Crippen LogP contribution < -0.4 is 0 Å². The molecule has 0 atom stereocenters. The van der Waals surface area contributed by atoms with E-state index in [9.17, 15) is 9.90 Å². The van der Waals surface area contributed by atoms with Crippen LogP contribution in [0.2, 0.25) is 0 Å². The van der Waals surface area contributed by atoms with Crippen LogP contribution in [0.3, 0.4) is 0 Å². The first kappa shape index (κ1) is 11.3. The Morgan fingerprint density at radius 1 is 1.44 bits per heavy atom. The molecule has 5 nitrogen and oxygen atoms in total. The van der Waals surface area contributed by atoms with Crippen molar-refractivity contribution in [1.29, 1.82) is 0 Å². The molecule has 18 heavy (non-hydrogen) atoms. The number of imidazole rings is 2. The van der Waals surface area contributed by atoms with E-state index < -0.39 is 5.97 Å².